The summed E-state index contributed by atoms with van der Waals surface area (Å²) in [6.45, 7) is 3.63. The normalized spacial score (nSPS) is 18.9. The Bertz CT molecular complexity index is 706. The zero-order chi connectivity index (χ0) is 20.1. The molecule has 2 fully saturated rings. The van der Waals surface area contributed by atoms with Gasteiger partial charge >= 0.3 is 0 Å². The SMILES string of the molecule is O=C(c1cccs1)N1CCC(CCCC2CCN(C(=O)c3cccs3)CC2)CC1. The van der Waals surface area contributed by atoms with Crippen LogP contribution in [-0.4, -0.2) is 47.8 Å². The topological polar surface area (TPSA) is 40.6 Å². The van der Waals surface area contributed by atoms with E-state index in [1.54, 1.807) is 22.7 Å². The predicted molar refractivity (Wildman–Crippen MR) is 120 cm³/mol. The minimum absolute atomic E-state index is 0.210. The third kappa shape index (κ3) is 5.28. The van der Waals surface area contributed by atoms with Gasteiger partial charge in [0.05, 0.1) is 9.75 Å². The molecule has 0 spiro atoms. The lowest BCUT2D eigenvalue weighted by atomic mass is 9.87. The van der Waals surface area contributed by atoms with Gasteiger partial charge in [-0.3, -0.25) is 9.59 Å². The first-order valence-electron chi connectivity index (χ1n) is 10.9. The van der Waals surface area contributed by atoms with Gasteiger partial charge in [-0.15, -0.1) is 22.7 Å². The van der Waals surface area contributed by atoms with Crippen molar-refractivity contribution >= 4 is 34.5 Å². The van der Waals surface area contributed by atoms with Crippen molar-refractivity contribution in [3.8, 4) is 0 Å². The van der Waals surface area contributed by atoms with Crippen LogP contribution >= 0.6 is 22.7 Å². The van der Waals surface area contributed by atoms with Crippen LogP contribution in [0.25, 0.3) is 0 Å². The molecule has 4 rings (SSSR count). The van der Waals surface area contributed by atoms with Gasteiger partial charge in [0.15, 0.2) is 0 Å². The first kappa shape index (κ1) is 20.6. The molecule has 156 valence electrons. The Balaban J connectivity index is 1.11. The van der Waals surface area contributed by atoms with Crippen molar-refractivity contribution in [2.45, 2.75) is 44.9 Å². The lowest BCUT2D eigenvalue weighted by molar-refractivity contribution is 0.0685. The second-order valence-electron chi connectivity index (χ2n) is 8.36. The van der Waals surface area contributed by atoms with E-state index in [0.29, 0.717) is 0 Å². The summed E-state index contributed by atoms with van der Waals surface area (Å²) in [5.41, 5.74) is 0. The first-order valence-corrected chi connectivity index (χ1v) is 12.6. The summed E-state index contributed by atoms with van der Waals surface area (Å²) in [4.78, 5) is 30.7. The molecule has 4 nitrogen and oxygen atoms in total. The summed E-state index contributed by atoms with van der Waals surface area (Å²) in [6, 6.07) is 7.76. The van der Waals surface area contributed by atoms with E-state index in [2.05, 4.69) is 0 Å². The van der Waals surface area contributed by atoms with Crippen molar-refractivity contribution < 1.29 is 9.59 Å². The maximum absolute atomic E-state index is 12.4. The zero-order valence-electron chi connectivity index (χ0n) is 16.9. The van der Waals surface area contributed by atoms with Gasteiger partial charge in [-0.1, -0.05) is 31.4 Å². The molecule has 2 aromatic heterocycles. The molecule has 2 amide bonds. The Hall–Kier alpha value is -1.66. The van der Waals surface area contributed by atoms with E-state index in [9.17, 15) is 9.59 Å². The van der Waals surface area contributed by atoms with Crippen molar-refractivity contribution in [1.82, 2.24) is 9.80 Å². The molecule has 2 aromatic rings. The fraction of sp³-hybridized carbons (Fsp3) is 0.565. The van der Waals surface area contributed by atoms with Gasteiger partial charge in [0.1, 0.15) is 0 Å². The highest BCUT2D eigenvalue weighted by Crippen LogP contribution is 2.28. The molecule has 0 saturated carbocycles. The van der Waals surface area contributed by atoms with Crippen molar-refractivity contribution in [2.75, 3.05) is 26.2 Å². The van der Waals surface area contributed by atoms with Gasteiger partial charge in [0, 0.05) is 26.2 Å². The smallest absolute Gasteiger partial charge is 0.263 e. The van der Waals surface area contributed by atoms with Gasteiger partial charge in [-0.25, -0.2) is 0 Å². The molecule has 0 aliphatic carbocycles. The van der Waals surface area contributed by atoms with Crippen LogP contribution in [0.4, 0.5) is 0 Å². The van der Waals surface area contributed by atoms with Crippen LogP contribution in [0.3, 0.4) is 0 Å². The molecular formula is C23H30N2O2S2. The Morgan fingerprint density at radius 1 is 0.759 bits per heavy atom. The number of rotatable bonds is 6. The molecule has 6 heteroatoms. The average Bonchev–Trinajstić information content (AvgIpc) is 3.48. The molecule has 0 N–H and O–H groups in total. The second kappa shape index (κ2) is 9.90. The number of carbonyl (C=O) groups excluding carboxylic acids is 2. The summed E-state index contributed by atoms with van der Waals surface area (Å²) < 4.78 is 0. The molecular weight excluding hydrogens is 400 g/mol. The highest BCUT2D eigenvalue weighted by atomic mass is 32.1. The quantitative estimate of drug-likeness (QED) is 0.617. The van der Waals surface area contributed by atoms with Gasteiger partial charge in [0.25, 0.3) is 11.8 Å². The van der Waals surface area contributed by atoms with Crippen molar-refractivity contribution in [1.29, 1.82) is 0 Å². The third-order valence-corrected chi connectivity index (χ3v) is 8.21. The van der Waals surface area contributed by atoms with E-state index in [-0.39, 0.29) is 11.8 Å². The molecule has 2 saturated heterocycles. The summed E-state index contributed by atoms with van der Waals surface area (Å²) >= 11 is 3.08. The third-order valence-electron chi connectivity index (χ3n) is 6.49. The summed E-state index contributed by atoms with van der Waals surface area (Å²) in [5, 5.41) is 3.95. The van der Waals surface area contributed by atoms with Gasteiger partial charge < -0.3 is 9.80 Å². The largest absolute Gasteiger partial charge is 0.338 e. The average molecular weight is 431 g/mol. The predicted octanol–water partition coefficient (Wildman–Crippen LogP) is 5.38. The number of thiophene rings is 2. The van der Waals surface area contributed by atoms with Gasteiger partial charge in [-0.05, 0) is 60.4 Å². The molecule has 29 heavy (non-hydrogen) atoms. The van der Waals surface area contributed by atoms with E-state index < -0.39 is 0 Å². The van der Waals surface area contributed by atoms with Gasteiger partial charge in [-0.2, -0.15) is 0 Å². The van der Waals surface area contributed by atoms with Crippen LogP contribution in [0.1, 0.15) is 64.3 Å². The molecule has 0 aromatic carbocycles. The van der Waals surface area contributed by atoms with E-state index in [0.717, 1.165) is 73.5 Å². The zero-order valence-corrected chi connectivity index (χ0v) is 18.6. The molecule has 0 unspecified atom stereocenters. The van der Waals surface area contributed by atoms with Crippen LogP contribution in [0.15, 0.2) is 35.0 Å². The van der Waals surface area contributed by atoms with Gasteiger partial charge in [0.2, 0.25) is 0 Å². The standard InChI is InChI=1S/C23H30N2O2S2/c26-22(20-6-2-16-28-20)24-12-8-18(9-13-24)4-1-5-19-10-14-25(15-11-19)23(27)21-7-3-17-29-21/h2-3,6-7,16-19H,1,4-5,8-15H2. The molecule has 4 heterocycles. The van der Waals surface area contributed by atoms with E-state index in [4.69, 9.17) is 0 Å². The number of likely N-dealkylation sites (tertiary alicyclic amines) is 2. The molecule has 2 aliphatic heterocycles. The van der Waals surface area contributed by atoms with Crippen LogP contribution in [0, 0.1) is 11.8 Å². The first-order chi connectivity index (χ1) is 14.2. The Kier molecular flexibility index (Phi) is 7.03. The van der Waals surface area contributed by atoms with Crippen LogP contribution < -0.4 is 0 Å². The van der Waals surface area contributed by atoms with Crippen molar-refractivity contribution in [3.63, 3.8) is 0 Å². The Morgan fingerprint density at radius 3 is 1.52 bits per heavy atom. The number of carbonyl (C=O) groups is 2. The number of nitrogens with zero attached hydrogens (tertiary/aromatic N) is 2. The lowest BCUT2D eigenvalue weighted by Gasteiger charge is -2.33. The molecule has 0 bridgehead atoms. The maximum Gasteiger partial charge on any atom is 0.263 e. The monoisotopic (exact) mass is 430 g/mol. The van der Waals surface area contributed by atoms with E-state index >= 15 is 0 Å². The van der Waals surface area contributed by atoms with Crippen LogP contribution in [0.2, 0.25) is 0 Å². The van der Waals surface area contributed by atoms with E-state index in [1.807, 2.05) is 44.8 Å². The van der Waals surface area contributed by atoms with Crippen LogP contribution in [-0.2, 0) is 0 Å². The van der Waals surface area contributed by atoms with Crippen molar-refractivity contribution in [2.24, 2.45) is 11.8 Å². The number of hydrogen-bond donors (Lipinski definition) is 0. The number of hydrogen-bond acceptors (Lipinski definition) is 4. The van der Waals surface area contributed by atoms with Crippen molar-refractivity contribution in [3.05, 3.63) is 44.8 Å². The highest BCUT2D eigenvalue weighted by molar-refractivity contribution is 7.12. The fourth-order valence-corrected chi connectivity index (χ4v) is 6.04. The maximum atomic E-state index is 12.4. The molecule has 2 aliphatic rings. The number of piperidine rings is 2. The second-order valence-corrected chi connectivity index (χ2v) is 10.3. The molecule has 0 radical (unpaired) electrons. The highest BCUT2D eigenvalue weighted by Gasteiger charge is 2.26. The summed E-state index contributed by atoms with van der Waals surface area (Å²) in [6.07, 6.45) is 8.43. The Labute approximate surface area is 181 Å². The lowest BCUT2D eigenvalue weighted by Crippen LogP contribution is -2.38. The summed E-state index contributed by atoms with van der Waals surface area (Å²) in [7, 11) is 0. The minimum Gasteiger partial charge on any atom is -0.338 e. The Morgan fingerprint density at radius 2 is 1.17 bits per heavy atom. The fourth-order valence-electron chi connectivity index (χ4n) is 4.66. The van der Waals surface area contributed by atoms with E-state index in [1.165, 1.54) is 19.3 Å². The summed E-state index contributed by atoms with van der Waals surface area (Å²) in [5.74, 6) is 1.95. The molecule has 0 atom stereocenters. The number of amides is 2. The van der Waals surface area contributed by atoms with Crippen LogP contribution in [0.5, 0.6) is 0 Å². The minimum atomic E-state index is 0.210.